The van der Waals surface area contributed by atoms with Crippen LogP contribution in [0.5, 0.6) is 0 Å². The van der Waals surface area contributed by atoms with Gasteiger partial charge in [-0.15, -0.1) is 0 Å². The Morgan fingerprint density at radius 2 is 1.21 bits per heavy atom. The van der Waals surface area contributed by atoms with Crippen LogP contribution in [0.1, 0.15) is 129 Å². The molecule has 5 N–H and O–H groups in total. The van der Waals surface area contributed by atoms with E-state index in [1.165, 1.54) is 13.1 Å². The zero-order valence-electron chi connectivity index (χ0n) is 45.6. The highest BCUT2D eigenvalue weighted by Crippen LogP contribution is 2.71. The molecule has 7 fully saturated rings. The largest absolute Gasteiger partial charge is 0.458 e. The molecule has 0 unspecified atom stereocenters. The number of aromatic nitrogens is 1. The summed E-state index contributed by atoms with van der Waals surface area (Å²) in [6, 6.07) is 3.23. The zero-order chi connectivity index (χ0) is 54.0. The first-order valence-electron chi connectivity index (χ1n) is 27.3. The first-order valence-corrected chi connectivity index (χ1v) is 27.3. The number of hydrogen-bond donors (Lipinski definition) is 5. The normalized spacial score (nSPS) is 49.4. The Bertz CT molecular complexity index is 2140. The van der Waals surface area contributed by atoms with E-state index in [2.05, 4.69) is 11.9 Å². The van der Waals surface area contributed by atoms with Crippen LogP contribution in [0.2, 0.25) is 0 Å². The molecule has 9 rings (SSSR count). The van der Waals surface area contributed by atoms with Crippen LogP contribution in [0.3, 0.4) is 0 Å². The van der Waals surface area contributed by atoms with Gasteiger partial charge in [0.15, 0.2) is 25.2 Å². The van der Waals surface area contributed by atoms with E-state index in [4.69, 9.17) is 61.6 Å². The number of hydrogen-bond acceptors (Lipinski definition) is 20. The second kappa shape index (κ2) is 22.3. The first-order chi connectivity index (χ1) is 35.6. The molecule has 0 spiro atoms. The van der Waals surface area contributed by atoms with Crippen molar-refractivity contribution in [2.75, 3.05) is 28.4 Å². The van der Waals surface area contributed by atoms with E-state index in [1.807, 2.05) is 26.8 Å². The molecule has 424 valence electrons. The molecule has 4 aliphatic carbocycles. The lowest BCUT2D eigenvalue weighted by atomic mass is 9.42. The lowest BCUT2D eigenvalue weighted by molar-refractivity contribution is -0.347. The zero-order valence-corrected chi connectivity index (χ0v) is 45.6. The summed E-state index contributed by atoms with van der Waals surface area (Å²) in [7, 11) is 6.49. The monoisotopic (exact) mass is 1060 g/mol. The molecule has 8 aliphatic rings. The van der Waals surface area contributed by atoms with Crippen molar-refractivity contribution in [3.63, 3.8) is 0 Å². The minimum atomic E-state index is -1.92. The second-order valence-corrected chi connectivity index (χ2v) is 23.3. The van der Waals surface area contributed by atoms with Gasteiger partial charge < -0.3 is 87.1 Å². The number of methoxy groups -OCH3 is 4. The number of ether oxygens (including phenoxy) is 13. The van der Waals surface area contributed by atoms with Crippen molar-refractivity contribution in [2.45, 2.75) is 253 Å². The van der Waals surface area contributed by atoms with Crippen LogP contribution in [0.15, 0.2) is 36.2 Å². The highest BCUT2D eigenvalue weighted by atomic mass is 16.8. The third kappa shape index (κ3) is 10.1. The summed E-state index contributed by atoms with van der Waals surface area (Å²) in [5, 5.41) is 59.8. The van der Waals surface area contributed by atoms with Crippen LogP contribution in [0, 0.1) is 16.7 Å². The highest BCUT2D eigenvalue weighted by molar-refractivity contribution is 5.89. The Labute approximate surface area is 441 Å². The summed E-state index contributed by atoms with van der Waals surface area (Å²) in [6.45, 7) is 12.8. The van der Waals surface area contributed by atoms with Gasteiger partial charge in [-0.05, 0) is 97.1 Å². The van der Waals surface area contributed by atoms with E-state index in [9.17, 15) is 30.3 Å². The molecule has 4 saturated heterocycles. The molecule has 20 heteroatoms. The number of aliphatic hydroxyl groups is 5. The van der Waals surface area contributed by atoms with Gasteiger partial charge in [0.25, 0.3) is 0 Å². The molecular formula is C55H85NO19. The highest BCUT2D eigenvalue weighted by Gasteiger charge is 2.81. The third-order valence-electron chi connectivity index (χ3n) is 19.4. The van der Waals surface area contributed by atoms with Crippen LogP contribution in [0.25, 0.3) is 0 Å². The van der Waals surface area contributed by atoms with Gasteiger partial charge in [-0.1, -0.05) is 25.5 Å². The standard InChI is InChI=1S/C55H85NO19/c1-28-46(58)36(63-8)22-43(67-28)73-48-30(3)69-45(24-38(48)65-10)75-49-31(4)70-44(25-39(49)66-11)74-47-29(2)68-42(23-37(47)64-9)71-35-15-16-51(6)34(21-35)14-17-54(61)40(51)26-41(72-50(59)33-13-12-20-56-27-33)52(7)53(60,32(5)57)18-19-55(52,54)62/h12-14,20,27-32,35-49,57-58,60-62H,15-19,21-26H2,1-11H3/t28-,29+,30+,31+,32-,35-,36+,37-,38+,39-,40+,41+,42-,43-,44-,45-,46-,47+,48+,49+,51-,52+,53+,54-,55+/m0/s1. The van der Waals surface area contributed by atoms with Crippen molar-refractivity contribution >= 4 is 5.97 Å². The van der Waals surface area contributed by atoms with Gasteiger partial charge in [0, 0.05) is 72.4 Å². The van der Waals surface area contributed by atoms with Gasteiger partial charge >= 0.3 is 5.97 Å². The summed E-state index contributed by atoms with van der Waals surface area (Å²) in [5.74, 6) is -1.22. The summed E-state index contributed by atoms with van der Waals surface area (Å²) < 4.78 is 81.6. The van der Waals surface area contributed by atoms with Crippen molar-refractivity contribution in [1.82, 2.24) is 4.98 Å². The van der Waals surface area contributed by atoms with Crippen molar-refractivity contribution in [1.29, 1.82) is 0 Å². The number of fused-ring (bicyclic) bond motifs is 5. The van der Waals surface area contributed by atoms with E-state index < -0.39 is 144 Å². The summed E-state index contributed by atoms with van der Waals surface area (Å²) in [6.07, 6.45) is -2.12. The van der Waals surface area contributed by atoms with Crippen molar-refractivity contribution in [3.8, 4) is 0 Å². The number of pyridine rings is 1. The van der Waals surface area contributed by atoms with Gasteiger partial charge in [-0.25, -0.2) is 4.79 Å². The maximum atomic E-state index is 13.7. The van der Waals surface area contributed by atoms with E-state index in [-0.39, 0.29) is 43.5 Å². The minimum absolute atomic E-state index is 0.00464. The fraction of sp³-hybridized carbons (Fsp3) is 0.855. The molecule has 1 aromatic heterocycles. The Balaban J connectivity index is 0.809. The predicted molar refractivity (Wildman–Crippen MR) is 265 cm³/mol. The second-order valence-electron chi connectivity index (χ2n) is 23.3. The molecule has 0 amide bonds. The molecule has 1 aromatic rings. The van der Waals surface area contributed by atoms with E-state index in [1.54, 1.807) is 60.6 Å². The first kappa shape index (κ1) is 57.4. The van der Waals surface area contributed by atoms with Crippen LogP contribution in [0.4, 0.5) is 0 Å². The van der Waals surface area contributed by atoms with Crippen LogP contribution < -0.4 is 0 Å². The SMILES string of the molecule is CO[C@H]1C[C@H](O[C@H]2CC[C@@]3(C)C(=CC[C@]4(O)[C@@H]3C[C@@H](OC(=O)c3cccnc3)[C@@]3(C)[C@]4(O)CC[C@@]3(O)[C@H](C)O)C2)O[C@H](C)[C@H]1O[C@H]1C[C@H](OC)[C@H](O[C@H]2C[C@@H](OC)[C@H](O[C@H]3C[C@@H](OC)[C@@H](O)[C@H](C)O3)[C@@H](C)O2)[C@@H](C)O1. The minimum Gasteiger partial charge on any atom is -0.458 e. The average molecular weight is 1060 g/mol. The fourth-order valence-corrected chi connectivity index (χ4v) is 14.9. The lowest BCUT2D eigenvalue weighted by Crippen LogP contribution is -2.78. The molecule has 25 atom stereocenters. The molecule has 0 aromatic carbocycles. The van der Waals surface area contributed by atoms with Crippen LogP contribution in [-0.4, -0.2) is 198 Å². The topological polar surface area (TPSA) is 251 Å². The number of rotatable bonds is 15. The van der Waals surface area contributed by atoms with Crippen LogP contribution in [-0.2, 0) is 61.6 Å². The van der Waals surface area contributed by atoms with E-state index in [0.717, 1.165) is 5.57 Å². The van der Waals surface area contributed by atoms with Crippen LogP contribution >= 0.6 is 0 Å². The Hall–Kier alpha value is -2.32. The van der Waals surface area contributed by atoms with Gasteiger partial charge in [0.2, 0.25) is 0 Å². The number of carbonyl (C=O) groups excluding carboxylic acids is 1. The maximum absolute atomic E-state index is 13.7. The molecule has 4 aliphatic heterocycles. The van der Waals surface area contributed by atoms with E-state index >= 15 is 0 Å². The molecule has 75 heavy (non-hydrogen) atoms. The Morgan fingerprint density at radius 1 is 0.707 bits per heavy atom. The Kier molecular flexibility index (Phi) is 17.1. The summed E-state index contributed by atoms with van der Waals surface area (Å²) in [5.41, 5.74) is -6.42. The number of aliphatic hydroxyl groups excluding tert-OH is 2. The van der Waals surface area contributed by atoms with Crippen molar-refractivity contribution in [3.05, 3.63) is 41.7 Å². The van der Waals surface area contributed by atoms with Gasteiger partial charge in [-0.2, -0.15) is 0 Å². The number of esters is 1. The summed E-state index contributed by atoms with van der Waals surface area (Å²) >= 11 is 0. The van der Waals surface area contributed by atoms with Crippen molar-refractivity contribution < 1.29 is 91.9 Å². The molecule has 3 saturated carbocycles. The quantitative estimate of drug-likeness (QED) is 0.123. The molecule has 20 nitrogen and oxygen atoms in total. The Morgan fingerprint density at radius 3 is 1.71 bits per heavy atom. The third-order valence-corrected chi connectivity index (χ3v) is 19.4. The molecule has 0 bridgehead atoms. The number of carbonyl (C=O) groups is 1. The fourth-order valence-electron chi connectivity index (χ4n) is 14.9. The average Bonchev–Trinajstić information content (AvgIpc) is 3.62. The van der Waals surface area contributed by atoms with Gasteiger partial charge in [0.1, 0.15) is 47.3 Å². The lowest BCUT2D eigenvalue weighted by Gasteiger charge is -2.67. The summed E-state index contributed by atoms with van der Waals surface area (Å²) in [4.78, 5) is 17.8. The van der Waals surface area contributed by atoms with Gasteiger partial charge in [0.05, 0.1) is 72.0 Å². The smallest absolute Gasteiger partial charge is 0.339 e. The molecule has 0 radical (unpaired) electrons. The predicted octanol–water partition coefficient (Wildman–Crippen LogP) is 4.02. The van der Waals surface area contributed by atoms with Crippen molar-refractivity contribution in [2.24, 2.45) is 16.7 Å². The number of nitrogens with zero attached hydrogens (tertiary/aromatic N) is 1. The molecule has 5 heterocycles. The van der Waals surface area contributed by atoms with E-state index in [0.29, 0.717) is 44.9 Å². The van der Waals surface area contributed by atoms with Gasteiger partial charge in [-0.3, -0.25) is 4.98 Å². The maximum Gasteiger partial charge on any atom is 0.339 e. The molecular weight excluding hydrogens is 979 g/mol.